The van der Waals surface area contributed by atoms with Crippen molar-refractivity contribution in [2.24, 2.45) is 0 Å². The molecule has 1 unspecified atom stereocenters. The topological polar surface area (TPSA) is 59.0 Å². The van der Waals surface area contributed by atoms with Crippen LogP contribution < -0.4 is 9.47 Å². The zero-order chi connectivity index (χ0) is 25.0. The number of hydrogen-bond acceptors (Lipinski definition) is 5. The van der Waals surface area contributed by atoms with Gasteiger partial charge in [0, 0.05) is 30.8 Å². The Hall–Kier alpha value is -3.31. The van der Waals surface area contributed by atoms with Gasteiger partial charge in [-0.3, -0.25) is 9.69 Å². The van der Waals surface area contributed by atoms with Crippen molar-refractivity contribution in [1.82, 2.24) is 4.90 Å². The molecule has 5 heteroatoms. The molecule has 0 aromatic heterocycles. The van der Waals surface area contributed by atoms with Gasteiger partial charge in [0.1, 0.15) is 35.7 Å². The molecule has 0 bridgehead atoms. The maximum atomic E-state index is 10.9. The van der Waals surface area contributed by atoms with Crippen molar-refractivity contribution < 1.29 is 19.4 Å². The van der Waals surface area contributed by atoms with E-state index in [9.17, 15) is 9.90 Å². The number of hydrogen-bond donors (Lipinski definition) is 1. The summed E-state index contributed by atoms with van der Waals surface area (Å²) in [5.74, 6) is 2.07. The van der Waals surface area contributed by atoms with Gasteiger partial charge < -0.3 is 14.6 Å². The Morgan fingerprint density at radius 3 is 2.43 bits per heavy atom. The lowest BCUT2D eigenvalue weighted by molar-refractivity contribution is 0.0181. The minimum absolute atomic E-state index is 0.353. The second-order valence-electron chi connectivity index (χ2n) is 9.81. The number of aldehydes is 1. The van der Waals surface area contributed by atoms with E-state index >= 15 is 0 Å². The molecule has 184 valence electrons. The number of benzene rings is 3. The summed E-state index contributed by atoms with van der Waals surface area (Å²) in [5, 5.41) is 10.5. The van der Waals surface area contributed by atoms with Crippen LogP contribution >= 0.6 is 0 Å². The first kappa shape index (κ1) is 24.8. The summed E-state index contributed by atoms with van der Waals surface area (Å²) >= 11 is 0. The van der Waals surface area contributed by atoms with Crippen LogP contribution in [0.4, 0.5) is 0 Å². The zero-order valence-corrected chi connectivity index (χ0v) is 21.1. The molecule has 1 heterocycles. The van der Waals surface area contributed by atoms with Crippen molar-refractivity contribution in [1.29, 1.82) is 0 Å². The number of carbonyl (C=O) groups is 1. The predicted molar refractivity (Wildman–Crippen MR) is 139 cm³/mol. The van der Waals surface area contributed by atoms with Gasteiger partial charge in [0.25, 0.3) is 0 Å². The molecule has 0 aliphatic carbocycles. The van der Waals surface area contributed by atoms with Crippen LogP contribution in [-0.2, 0) is 13.0 Å². The first-order chi connectivity index (χ1) is 16.8. The number of phenols is 1. The molecule has 1 atom stereocenters. The maximum absolute atomic E-state index is 10.9. The number of fused-ring (bicyclic) bond motifs is 1. The first-order valence-corrected chi connectivity index (χ1v) is 12.2. The van der Waals surface area contributed by atoms with E-state index in [1.165, 1.54) is 5.56 Å². The van der Waals surface area contributed by atoms with Crippen molar-refractivity contribution in [3.8, 4) is 17.2 Å². The van der Waals surface area contributed by atoms with Gasteiger partial charge in [-0.05, 0) is 87.1 Å². The van der Waals surface area contributed by atoms with Crippen molar-refractivity contribution in [3.05, 3.63) is 88.0 Å². The Balaban J connectivity index is 1.49. The molecule has 1 aliphatic rings. The van der Waals surface area contributed by atoms with Gasteiger partial charge in [0.05, 0.1) is 0 Å². The minimum Gasteiger partial charge on any atom is -0.507 e. The van der Waals surface area contributed by atoms with Gasteiger partial charge >= 0.3 is 0 Å². The second kappa shape index (κ2) is 10.5. The number of carbonyl (C=O) groups excluding carboxylic acids is 1. The molecule has 0 saturated carbocycles. The highest BCUT2D eigenvalue weighted by molar-refractivity contribution is 5.74. The summed E-state index contributed by atoms with van der Waals surface area (Å²) in [6.07, 6.45) is 2.59. The van der Waals surface area contributed by atoms with E-state index in [1.807, 2.05) is 39.0 Å². The molecule has 4 rings (SSSR count). The van der Waals surface area contributed by atoms with Gasteiger partial charge in [0.2, 0.25) is 0 Å². The average molecular weight is 474 g/mol. The number of rotatable bonds is 9. The molecule has 1 N–H and O–H groups in total. The molecular weight excluding hydrogens is 438 g/mol. The van der Waals surface area contributed by atoms with Crippen LogP contribution in [0, 0.1) is 20.8 Å². The average Bonchev–Trinajstić information content (AvgIpc) is 2.87. The largest absolute Gasteiger partial charge is 0.507 e. The van der Waals surface area contributed by atoms with Crippen molar-refractivity contribution in [2.45, 2.75) is 52.7 Å². The number of nitrogens with zero attached hydrogens (tertiary/aromatic N) is 1. The fourth-order valence-corrected chi connectivity index (χ4v) is 4.87. The smallest absolute Gasteiger partial charge is 0.150 e. The summed E-state index contributed by atoms with van der Waals surface area (Å²) < 4.78 is 12.7. The molecule has 0 amide bonds. The second-order valence-corrected chi connectivity index (χ2v) is 9.81. The van der Waals surface area contributed by atoms with Crippen LogP contribution in [0.3, 0.4) is 0 Å². The van der Waals surface area contributed by atoms with Crippen molar-refractivity contribution in [3.63, 3.8) is 0 Å². The molecule has 0 spiro atoms. The third kappa shape index (κ3) is 5.68. The van der Waals surface area contributed by atoms with Crippen LogP contribution in [0.15, 0.2) is 54.6 Å². The monoisotopic (exact) mass is 473 g/mol. The lowest BCUT2D eigenvalue weighted by atomic mass is 9.87. The fraction of sp³-hybridized carbons (Fsp3) is 0.367. The van der Waals surface area contributed by atoms with E-state index < -0.39 is 0 Å². The standard InChI is InChI=1S/C30H35NO4/c1-21-22(2)29-27(23(3)28(21)33)14-15-30(4,35-29)20-31(18-24-8-6-5-7-9-24)16-17-34-26-12-10-25(19-32)11-13-26/h5-13,19,33H,14-18,20H2,1-4H3. The summed E-state index contributed by atoms with van der Waals surface area (Å²) in [6.45, 7) is 11.0. The normalized spacial score (nSPS) is 17.1. The third-order valence-corrected chi connectivity index (χ3v) is 7.09. The summed E-state index contributed by atoms with van der Waals surface area (Å²) in [6, 6.07) is 17.6. The van der Waals surface area contributed by atoms with E-state index in [4.69, 9.17) is 9.47 Å². The highest BCUT2D eigenvalue weighted by atomic mass is 16.5. The Morgan fingerprint density at radius 1 is 1.03 bits per heavy atom. The molecule has 1 aliphatic heterocycles. The maximum Gasteiger partial charge on any atom is 0.150 e. The summed E-state index contributed by atoms with van der Waals surface area (Å²) in [4.78, 5) is 13.3. The molecule has 0 saturated heterocycles. The Bertz CT molecular complexity index is 1170. The zero-order valence-electron chi connectivity index (χ0n) is 21.1. The number of aromatic hydroxyl groups is 1. The SMILES string of the molecule is Cc1c(C)c2c(c(C)c1O)CCC(C)(CN(CCOc1ccc(C=O)cc1)Cc1ccccc1)O2. The van der Waals surface area contributed by atoms with Gasteiger partial charge in [-0.1, -0.05) is 30.3 Å². The number of ether oxygens (including phenoxy) is 2. The number of phenolic OH excluding ortho intramolecular Hbond substituents is 1. The summed E-state index contributed by atoms with van der Waals surface area (Å²) in [5.41, 5.74) is 5.50. The lowest BCUT2D eigenvalue weighted by Gasteiger charge is -2.41. The van der Waals surface area contributed by atoms with Gasteiger partial charge in [-0.15, -0.1) is 0 Å². The van der Waals surface area contributed by atoms with Gasteiger partial charge in [0.15, 0.2) is 0 Å². The van der Waals surface area contributed by atoms with Crippen LogP contribution in [0.5, 0.6) is 17.2 Å². The van der Waals surface area contributed by atoms with E-state index in [1.54, 1.807) is 12.1 Å². The van der Waals surface area contributed by atoms with E-state index in [-0.39, 0.29) is 5.60 Å². The molecule has 0 radical (unpaired) electrons. The van der Waals surface area contributed by atoms with Crippen molar-refractivity contribution in [2.75, 3.05) is 19.7 Å². The highest BCUT2D eigenvalue weighted by Gasteiger charge is 2.36. The van der Waals surface area contributed by atoms with Crippen LogP contribution in [0.1, 0.15) is 51.5 Å². The van der Waals surface area contributed by atoms with Crippen LogP contribution in [-0.4, -0.2) is 41.6 Å². The third-order valence-electron chi connectivity index (χ3n) is 7.09. The Morgan fingerprint density at radius 2 is 1.74 bits per heavy atom. The van der Waals surface area contributed by atoms with E-state index in [2.05, 4.69) is 36.1 Å². The summed E-state index contributed by atoms with van der Waals surface area (Å²) in [7, 11) is 0. The van der Waals surface area contributed by atoms with Crippen LogP contribution in [0.25, 0.3) is 0 Å². The minimum atomic E-state index is -0.353. The highest BCUT2D eigenvalue weighted by Crippen LogP contribution is 2.43. The molecular formula is C30H35NO4. The molecule has 3 aromatic rings. The van der Waals surface area contributed by atoms with Gasteiger partial charge in [-0.2, -0.15) is 0 Å². The molecule has 35 heavy (non-hydrogen) atoms. The predicted octanol–water partition coefficient (Wildman–Crippen LogP) is 5.79. The van der Waals surface area contributed by atoms with E-state index in [0.29, 0.717) is 17.9 Å². The molecule has 3 aromatic carbocycles. The van der Waals surface area contributed by atoms with E-state index in [0.717, 1.165) is 72.5 Å². The fourth-order valence-electron chi connectivity index (χ4n) is 4.87. The van der Waals surface area contributed by atoms with Crippen LogP contribution in [0.2, 0.25) is 0 Å². The Labute approximate surface area is 208 Å². The molecule has 0 fully saturated rings. The quantitative estimate of drug-likeness (QED) is 0.398. The lowest BCUT2D eigenvalue weighted by Crippen LogP contribution is -2.48. The van der Waals surface area contributed by atoms with Gasteiger partial charge in [-0.25, -0.2) is 0 Å². The molecule has 5 nitrogen and oxygen atoms in total. The Kier molecular flexibility index (Phi) is 7.46. The van der Waals surface area contributed by atoms with Crippen molar-refractivity contribution >= 4 is 6.29 Å². The first-order valence-electron chi connectivity index (χ1n) is 12.2.